The third-order valence-electron chi connectivity index (χ3n) is 5.21. The van der Waals surface area contributed by atoms with Gasteiger partial charge >= 0.3 is 0 Å². The Morgan fingerprint density at radius 2 is 2.16 bits per heavy atom. The van der Waals surface area contributed by atoms with Crippen LogP contribution in [0.15, 0.2) is 40.9 Å². The predicted molar refractivity (Wildman–Crippen MR) is 113 cm³/mol. The summed E-state index contributed by atoms with van der Waals surface area (Å²) >= 11 is 0. The van der Waals surface area contributed by atoms with Crippen molar-refractivity contribution in [3.05, 3.63) is 53.1 Å². The van der Waals surface area contributed by atoms with E-state index in [2.05, 4.69) is 21.5 Å². The van der Waals surface area contributed by atoms with Gasteiger partial charge < -0.3 is 19.5 Å². The number of nitrogens with zero attached hydrogens (tertiary/aromatic N) is 3. The lowest BCUT2D eigenvalue weighted by Crippen LogP contribution is -2.34. The van der Waals surface area contributed by atoms with Crippen LogP contribution in [-0.4, -0.2) is 39.3 Å². The fraction of sp³-hybridized carbons (Fsp3) is 0.348. The van der Waals surface area contributed by atoms with Crippen LogP contribution in [0.25, 0.3) is 22.8 Å². The molecule has 1 heterocycles. The van der Waals surface area contributed by atoms with E-state index >= 15 is 0 Å². The summed E-state index contributed by atoms with van der Waals surface area (Å²) in [6.45, 7) is 3.47. The minimum Gasteiger partial charge on any atom is -0.490 e. The summed E-state index contributed by atoms with van der Waals surface area (Å²) in [7, 11) is 0. The Bertz CT molecular complexity index is 1120. The maximum Gasteiger partial charge on any atom is 0.258 e. The van der Waals surface area contributed by atoms with E-state index in [0.717, 1.165) is 29.5 Å². The summed E-state index contributed by atoms with van der Waals surface area (Å²) in [6, 6.07) is 13.2. The average molecular weight is 420 g/mol. The Balaban J connectivity index is 1.63. The zero-order valence-electron chi connectivity index (χ0n) is 17.4. The van der Waals surface area contributed by atoms with E-state index in [1.165, 1.54) is 0 Å². The number of nitrogens with one attached hydrogen (secondary N) is 1. The standard InChI is InChI=1S/C23H24N4O4/c1-13(2)30-20-9-6-14(10-15(20)11-24)23-26-22(27-31-23)18-5-3-4-17-16(18)7-8-19(17)25-21(29)12-28/h3-6,9-10,13,19,21,25,28-29H,7-8,12H2,1-2H3/t19-,21?/m0/s1. The molecular formula is C23H24N4O4. The van der Waals surface area contributed by atoms with Crippen molar-refractivity contribution in [2.75, 3.05) is 6.61 Å². The van der Waals surface area contributed by atoms with E-state index in [0.29, 0.717) is 28.6 Å². The van der Waals surface area contributed by atoms with Gasteiger partial charge in [0, 0.05) is 17.2 Å². The minimum absolute atomic E-state index is 0.0371. The zero-order valence-corrected chi connectivity index (χ0v) is 17.4. The largest absolute Gasteiger partial charge is 0.490 e. The molecule has 0 spiro atoms. The first kappa shape index (κ1) is 21.0. The summed E-state index contributed by atoms with van der Waals surface area (Å²) in [5.41, 5.74) is 4.07. The van der Waals surface area contributed by atoms with Gasteiger partial charge in [-0.15, -0.1) is 0 Å². The highest BCUT2D eigenvalue weighted by molar-refractivity contribution is 5.67. The molecule has 31 heavy (non-hydrogen) atoms. The molecule has 2 atom stereocenters. The number of aliphatic hydroxyl groups excluding tert-OH is 2. The van der Waals surface area contributed by atoms with Crippen LogP contribution in [-0.2, 0) is 6.42 Å². The first-order valence-corrected chi connectivity index (χ1v) is 10.2. The molecule has 0 bridgehead atoms. The van der Waals surface area contributed by atoms with Gasteiger partial charge in [-0.3, -0.25) is 5.32 Å². The van der Waals surface area contributed by atoms with Gasteiger partial charge in [-0.25, -0.2) is 0 Å². The molecule has 3 N–H and O–H groups in total. The molecule has 1 aliphatic rings. The fourth-order valence-electron chi connectivity index (χ4n) is 3.88. The normalized spacial score (nSPS) is 16.2. The number of nitriles is 1. The topological polar surface area (TPSA) is 124 Å². The number of hydrogen-bond donors (Lipinski definition) is 3. The lowest BCUT2D eigenvalue weighted by Gasteiger charge is -2.17. The Morgan fingerprint density at radius 3 is 2.90 bits per heavy atom. The van der Waals surface area contributed by atoms with Crippen LogP contribution in [0.2, 0.25) is 0 Å². The van der Waals surface area contributed by atoms with Crippen LogP contribution in [0, 0.1) is 11.3 Å². The molecule has 0 saturated carbocycles. The first-order valence-electron chi connectivity index (χ1n) is 10.2. The van der Waals surface area contributed by atoms with Gasteiger partial charge in [-0.2, -0.15) is 10.2 Å². The van der Waals surface area contributed by atoms with Crippen molar-refractivity contribution < 1.29 is 19.5 Å². The second-order valence-electron chi connectivity index (χ2n) is 7.74. The number of rotatable bonds is 7. The van der Waals surface area contributed by atoms with E-state index in [-0.39, 0.29) is 18.8 Å². The lowest BCUT2D eigenvalue weighted by atomic mass is 10.0. The van der Waals surface area contributed by atoms with Crippen molar-refractivity contribution >= 4 is 0 Å². The molecule has 8 nitrogen and oxygen atoms in total. The van der Waals surface area contributed by atoms with Crippen LogP contribution in [0.5, 0.6) is 5.75 Å². The molecule has 1 aliphatic carbocycles. The summed E-state index contributed by atoms with van der Waals surface area (Å²) in [5.74, 6) is 1.31. The molecule has 8 heteroatoms. The maximum absolute atomic E-state index is 9.74. The Labute approximate surface area is 180 Å². The molecule has 0 saturated heterocycles. The number of ether oxygens (including phenoxy) is 1. The van der Waals surface area contributed by atoms with E-state index in [1.54, 1.807) is 18.2 Å². The number of hydrogen-bond acceptors (Lipinski definition) is 8. The maximum atomic E-state index is 9.74. The van der Waals surface area contributed by atoms with Crippen molar-refractivity contribution in [1.82, 2.24) is 15.5 Å². The first-order chi connectivity index (χ1) is 15.0. The minimum atomic E-state index is -0.964. The quantitative estimate of drug-likeness (QED) is 0.498. The van der Waals surface area contributed by atoms with Crippen molar-refractivity contribution in [1.29, 1.82) is 5.26 Å². The Hall–Kier alpha value is -3.25. The van der Waals surface area contributed by atoms with Crippen molar-refractivity contribution in [2.24, 2.45) is 0 Å². The Kier molecular flexibility index (Phi) is 6.00. The molecule has 3 aromatic rings. The SMILES string of the molecule is CC(C)Oc1ccc(-c2nc(-c3cccc4c3CC[C@@H]4NC(O)CO)no2)cc1C#N. The molecule has 0 fully saturated rings. The van der Waals surface area contributed by atoms with Crippen molar-refractivity contribution in [3.8, 4) is 34.7 Å². The summed E-state index contributed by atoms with van der Waals surface area (Å²) in [5, 5.41) is 35.5. The van der Waals surface area contributed by atoms with Gasteiger partial charge in [0.2, 0.25) is 5.82 Å². The molecule has 4 rings (SSSR count). The Morgan fingerprint density at radius 1 is 1.32 bits per heavy atom. The van der Waals surface area contributed by atoms with Gasteiger partial charge in [0.25, 0.3) is 5.89 Å². The molecule has 160 valence electrons. The van der Waals surface area contributed by atoms with Crippen LogP contribution >= 0.6 is 0 Å². The van der Waals surface area contributed by atoms with E-state index in [1.807, 2.05) is 32.0 Å². The lowest BCUT2D eigenvalue weighted by molar-refractivity contribution is 0.0577. The van der Waals surface area contributed by atoms with Gasteiger partial charge in [-0.1, -0.05) is 23.4 Å². The van der Waals surface area contributed by atoms with E-state index in [9.17, 15) is 10.4 Å². The molecule has 1 unspecified atom stereocenters. The zero-order chi connectivity index (χ0) is 22.0. The monoisotopic (exact) mass is 420 g/mol. The summed E-state index contributed by atoms with van der Waals surface area (Å²) < 4.78 is 11.2. The number of aliphatic hydroxyl groups is 2. The highest BCUT2D eigenvalue weighted by Crippen LogP contribution is 2.37. The van der Waals surface area contributed by atoms with Crippen LogP contribution < -0.4 is 10.1 Å². The second kappa shape index (κ2) is 8.86. The highest BCUT2D eigenvalue weighted by Gasteiger charge is 2.27. The van der Waals surface area contributed by atoms with Gasteiger partial charge in [0.15, 0.2) is 0 Å². The third kappa shape index (κ3) is 4.30. The van der Waals surface area contributed by atoms with Gasteiger partial charge in [0.05, 0.1) is 18.3 Å². The summed E-state index contributed by atoms with van der Waals surface area (Å²) in [6.07, 6.45) is 0.598. The predicted octanol–water partition coefficient (Wildman–Crippen LogP) is 2.95. The summed E-state index contributed by atoms with van der Waals surface area (Å²) in [4.78, 5) is 4.56. The van der Waals surface area contributed by atoms with Crippen LogP contribution in [0.4, 0.5) is 0 Å². The second-order valence-corrected chi connectivity index (χ2v) is 7.74. The highest BCUT2D eigenvalue weighted by atomic mass is 16.5. The van der Waals surface area contributed by atoms with E-state index in [4.69, 9.17) is 14.4 Å². The van der Waals surface area contributed by atoms with E-state index < -0.39 is 6.23 Å². The average Bonchev–Trinajstić information content (AvgIpc) is 3.41. The molecule has 0 aliphatic heterocycles. The fourth-order valence-corrected chi connectivity index (χ4v) is 3.88. The van der Waals surface area contributed by atoms with Gasteiger partial charge in [0.1, 0.15) is 18.0 Å². The number of fused-ring (bicyclic) bond motifs is 1. The molecular weight excluding hydrogens is 396 g/mol. The van der Waals surface area contributed by atoms with Crippen molar-refractivity contribution in [2.45, 2.75) is 45.1 Å². The number of aromatic nitrogens is 2. The third-order valence-corrected chi connectivity index (χ3v) is 5.21. The smallest absolute Gasteiger partial charge is 0.258 e. The van der Waals surface area contributed by atoms with Gasteiger partial charge in [-0.05, 0) is 56.0 Å². The molecule has 0 radical (unpaired) electrons. The van der Waals surface area contributed by atoms with Crippen molar-refractivity contribution in [3.63, 3.8) is 0 Å². The van der Waals surface area contributed by atoms with Crippen LogP contribution in [0.3, 0.4) is 0 Å². The number of benzene rings is 2. The molecule has 0 amide bonds. The van der Waals surface area contributed by atoms with Crippen LogP contribution in [0.1, 0.15) is 43.0 Å². The molecule has 1 aromatic heterocycles. The molecule has 2 aromatic carbocycles.